The minimum atomic E-state index is -1.02. The van der Waals surface area contributed by atoms with Crippen LogP contribution in [0.5, 0.6) is 5.75 Å². The van der Waals surface area contributed by atoms with Crippen LogP contribution in [0.1, 0.15) is 10.4 Å². The number of nitrogens with zero attached hydrogens (tertiary/aromatic N) is 3. The molecule has 122 valence electrons. The van der Waals surface area contributed by atoms with Gasteiger partial charge in [-0.15, -0.1) is 11.3 Å². The molecule has 0 unspecified atom stereocenters. The number of thiazole rings is 1. The lowest BCUT2D eigenvalue weighted by Gasteiger charge is -2.10. The molecule has 24 heavy (non-hydrogen) atoms. The molecule has 1 N–H and O–H groups in total. The Bertz CT molecular complexity index is 1040. The van der Waals surface area contributed by atoms with Gasteiger partial charge in [0.15, 0.2) is 11.3 Å². The van der Waals surface area contributed by atoms with E-state index in [2.05, 4.69) is 9.72 Å². The molecule has 0 fully saturated rings. The molecule has 0 saturated heterocycles. The summed E-state index contributed by atoms with van der Waals surface area (Å²) in [6, 6.07) is 5.36. The zero-order chi connectivity index (χ0) is 17.4. The summed E-state index contributed by atoms with van der Waals surface area (Å²) in [5.41, 5.74) is -0.0532. The number of carbonyl (C=O) groups is 1. The summed E-state index contributed by atoms with van der Waals surface area (Å²) in [7, 11) is 1.07. The fraction of sp³-hybridized carbons (Fsp3) is 0.0714. The topological polar surface area (TPSA) is 125 Å². The van der Waals surface area contributed by atoms with Crippen LogP contribution in [0.15, 0.2) is 34.6 Å². The Labute approximate surface area is 137 Å². The maximum absolute atomic E-state index is 12.7. The smallest absolute Gasteiger partial charge is 0.347 e. The van der Waals surface area contributed by atoms with E-state index in [0.29, 0.717) is 0 Å². The van der Waals surface area contributed by atoms with Crippen molar-refractivity contribution in [2.24, 2.45) is 0 Å². The molecule has 2 aromatic heterocycles. The molecule has 10 heteroatoms. The average Bonchev–Trinajstić information content (AvgIpc) is 3.04. The second-order valence-electron chi connectivity index (χ2n) is 4.64. The summed E-state index contributed by atoms with van der Waals surface area (Å²) in [6.45, 7) is 0. The number of nitro benzene ring substituents is 1. The first kappa shape index (κ1) is 15.6. The van der Waals surface area contributed by atoms with Crippen LogP contribution in [0.4, 0.5) is 5.69 Å². The normalized spacial score (nSPS) is 10.7. The molecule has 0 bridgehead atoms. The molecule has 3 aromatic rings. The standard InChI is InChI=1S/C14H9N3O6S/c1-23-14(20)9-11(18)10-13(24-6-15-10)16(12(9)19)7-3-2-4-8(5-7)17(21)22/h2-6,18H,1H3. The summed E-state index contributed by atoms with van der Waals surface area (Å²) in [6.07, 6.45) is 0. The highest BCUT2D eigenvalue weighted by atomic mass is 32.1. The van der Waals surface area contributed by atoms with E-state index in [1.807, 2.05) is 0 Å². The van der Waals surface area contributed by atoms with E-state index < -0.39 is 27.8 Å². The maximum Gasteiger partial charge on any atom is 0.347 e. The van der Waals surface area contributed by atoms with Gasteiger partial charge in [-0.2, -0.15) is 0 Å². The van der Waals surface area contributed by atoms with Gasteiger partial charge in [0.2, 0.25) is 0 Å². The number of methoxy groups -OCH3 is 1. The van der Waals surface area contributed by atoms with Crippen molar-refractivity contribution in [3.8, 4) is 11.4 Å². The van der Waals surface area contributed by atoms with Crippen LogP contribution < -0.4 is 5.56 Å². The average molecular weight is 347 g/mol. The minimum absolute atomic E-state index is 0.0338. The van der Waals surface area contributed by atoms with Crippen LogP contribution in [0.25, 0.3) is 16.0 Å². The number of esters is 1. The van der Waals surface area contributed by atoms with Crippen LogP contribution >= 0.6 is 11.3 Å². The monoisotopic (exact) mass is 347 g/mol. The lowest BCUT2D eigenvalue weighted by atomic mass is 10.2. The number of rotatable bonds is 3. The molecule has 0 aliphatic rings. The number of hydrogen-bond donors (Lipinski definition) is 1. The van der Waals surface area contributed by atoms with E-state index in [1.165, 1.54) is 29.8 Å². The largest absolute Gasteiger partial charge is 0.505 e. The second kappa shape index (κ2) is 5.74. The molecule has 2 heterocycles. The number of non-ortho nitro benzene ring substituents is 1. The van der Waals surface area contributed by atoms with Crippen molar-refractivity contribution in [3.63, 3.8) is 0 Å². The van der Waals surface area contributed by atoms with Gasteiger partial charge >= 0.3 is 5.97 Å². The van der Waals surface area contributed by atoms with E-state index in [4.69, 9.17) is 0 Å². The summed E-state index contributed by atoms with van der Waals surface area (Å²) < 4.78 is 5.62. The zero-order valence-corrected chi connectivity index (χ0v) is 12.9. The van der Waals surface area contributed by atoms with Crippen molar-refractivity contribution in [2.45, 2.75) is 0 Å². The molecule has 9 nitrogen and oxygen atoms in total. The first-order valence-electron chi connectivity index (χ1n) is 6.50. The Hall–Kier alpha value is -3.27. The number of pyridine rings is 1. The quantitative estimate of drug-likeness (QED) is 0.435. The summed E-state index contributed by atoms with van der Waals surface area (Å²) in [5, 5.41) is 21.1. The molecule has 0 amide bonds. The number of fused-ring (bicyclic) bond motifs is 1. The Morgan fingerprint density at radius 1 is 1.46 bits per heavy atom. The van der Waals surface area contributed by atoms with E-state index in [0.717, 1.165) is 23.0 Å². The second-order valence-corrected chi connectivity index (χ2v) is 5.47. The van der Waals surface area contributed by atoms with Crippen molar-refractivity contribution >= 4 is 33.3 Å². The molecular formula is C14H9N3O6S. The van der Waals surface area contributed by atoms with Crippen molar-refractivity contribution in [3.05, 3.63) is 55.8 Å². The molecule has 0 aliphatic carbocycles. The van der Waals surface area contributed by atoms with Crippen LogP contribution in [-0.2, 0) is 4.74 Å². The predicted octanol–water partition coefficient (Wildman–Crippen LogP) is 1.85. The predicted molar refractivity (Wildman–Crippen MR) is 84.9 cm³/mol. The van der Waals surface area contributed by atoms with E-state index in [1.54, 1.807) is 0 Å². The number of aromatic hydroxyl groups is 1. The highest BCUT2D eigenvalue weighted by Crippen LogP contribution is 2.30. The van der Waals surface area contributed by atoms with Crippen molar-refractivity contribution < 1.29 is 19.6 Å². The third-order valence-corrected chi connectivity index (χ3v) is 4.13. The molecule has 0 aliphatic heterocycles. The number of aromatic nitrogens is 2. The Balaban J connectivity index is 2.42. The molecule has 0 saturated carbocycles. The maximum atomic E-state index is 12.7. The number of carbonyl (C=O) groups excluding carboxylic acids is 1. The minimum Gasteiger partial charge on any atom is -0.505 e. The Kier molecular flexibility index (Phi) is 3.73. The third-order valence-electron chi connectivity index (χ3n) is 3.32. The fourth-order valence-corrected chi connectivity index (χ4v) is 3.06. The van der Waals surface area contributed by atoms with Crippen LogP contribution in [0, 0.1) is 10.1 Å². The lowest BCUT2D eigenvalue weighted by Crippen LogP contribution is -2.26. The fourth-order valence-electron chi connectivity index (χ4n) is 2.25. The van der Waals surface area contributed by atoms with Crippen molar-refractivity contribution in [2.75, 3.05) is 7.11 Å². The third kappa shape index (κ3) is 2.29. The van der Waals surface area contributed by atoms with Gasteiger partial charge in [-0.25, -0.2) is 9.78 Å². The van der Waals surface area contributed by atoms with Gasteiger partial charge in [0.25, 0.3) is 11.2 Å². The molecule has 0 spiro atoms. The van der Waals surface area contributed by atoms with Crippen molar-refractivity contribution in [1.82, 2.24) is 9.55 Å². The zero-order valence-electron chi connectivity index (χ0n) is 12.1. The van der Waals surface area contributed by atoms with Crippen LogP contribution in [0.2, 0.25) is 0 Å². The van der Waals surface area contributed by atoms with Gasteiger partial charge in [-0.05, 0) is 6.07 Å². The molecule has 1 aromatic carbocycles. The Morgan fingerprint density at radius 3 is 2.88 bits per heavy atom. The summed E-state index contributed by atoms with van der Waals surface area (Å²) >= 11 is 1.05. The molecule has 3 rings (SSSR count). The molecule has 0 radical (unpaired) electrons. The molecular weight excluding hydrogens is 338 g/mol. The number of nitro groups is 1. The van der Waals surface area contributed by atoms with Crippen LogP contribution in [-0.4, -0.2) is 32.7 Å². The van der Waals surface area contributed by atoms with E-state index in [-0.39, 0.29) is 21.7 Å². The molecule has 0 atom stereocenters. The Morgan fingerprint density at radius 2 is 2.21 bits per heavy atom. The highest BCUT2D eigenvalue weighted by Gasteiger charge is 2.25. The van der Waals surface area contributed by atoms with Gasteiger partial charge in [0.1, 0.15) is 10.3 Å². The van der Waals surface area contributed by atoms with Gasteiger partial charge in [0.05, 0.1) is 23.2 Å². The summed E-state index contributed by atoms with van der Waals surface area (Å²) in [4.78, 5) is 39.1. The van der Waals surface area contributed by atoms with E-state index >= 15 is 0 Å². The summed E-state index contributed by atoms with van der Waals surface area (Å²) in [5.74, 6) is -1.60. The SMILES string of the molecule is COC(=O)c1c(O)c2ncsc2n(-c2cccc([N+](=O)[O-])c2)c1=O. The van der Waals surface area contributed by atoms with Gasteiger partial charge < -0.3 is 9.84 Å². The highest BCUT2D eigenvalue weighted by molar-refractivity contribution is 7.16. The lowest BCUT2D eigenvalue weighted by molar-refractivity contribution is -0.384. The first-order valence-corrected chi connectivity index (χ1v) is 7.38. The van der Waals surface area contributed by atoms with Gasteiger partial charge in [-0.1, -0.05) is 6.07 Å². The number of benzene rings is 1. The first-order chi connectivity index (χ1) is 11.5. The number of ether oxygens (including phenoxy) is 1. The van der Waals surface area contributed by atoms with Gasteiger partial charge in [-0.3, -0.25) is 19.5 Å². The van der Waals surface area contributed by atoms with Crippen molar-refractivity contribution in [1.29, 1.82) is 0 Å². The van der Waals surface area contributed by atoms with Gasteiger partial charge in [0, 0.05) is 12.1 Å². The van der Waals surface area contributed by atoms with Crippen LogP contribution in [0.3, 0.4) is 0 Å². The number of hydrogen-bond acceptors (Lipinski definition) is 8. The van der Waals surface area contributed by atoms with E-state index in [9.17, 15) is 24.8 Å².